The molecule has 1 aliphatic heterocycles. The van der Waals surface area contributed by atoms with Crippen molar-refractivity contribution in [3.63, 3.8) is 0 Å². The molecule has 1 heterocycles. The maximum absolute atomic E-state index is 13.1. The first-order valence-electron chi connectivity index (χ1n) is 6.43. The summed E-state index contributed by atoms with van der Waals surface area (Å²) in [6, 6.07) is 8.84. The van der Waals surface area contributed by atoms with Crippen molar-refractivity contribution in [2.75, 3.05) is 6.79 Å². The molecule has 1 amide bonds. The van der Waals surface area contributed by atoms with Crippen LogP contribution in [0.3, 0.4) is 0 Å². The SMILES string of the molecule is O=C(NNS(=O)(=O)c1cccc(F)c1)c1ccc2c(c1)OCO2. The minimum atomic E-state index is -4.08. The molecule has 2 N–H and O–H groups in total. The number of carbonyl (C=O) groups excluding carboxylic acids is 1. The minimum absolute atomic E-state index is 0.0621. The smallest absolute Gasteiger partial charge is 0.266 e. The normalized spacial score (nSPS) is 12.9. The molecule has 7 nitrogen and oxygen atoms in total. The van der Waals surface area contributed by atoms with Crippen LogP contribution in [0.5, 0.6) is 11.5 Å². The van der Waals surface area contributed by atoms with Gasteiger partial charge in [0, 0.05) is 5.56 Å². The van der Waals surface area contributed by atoms with Crippen LogP contribution in [0.15, 0.2) is 47.4 Å². The fraction of sp³-hybridized carbons (Fsp3) is 0.0714. The maximum atomic E-state index is 13.1. The molecular weight excluding hydrogens is 327 g/mol. The van der Waals surface area contributed by atoms with Crippen molar-refractivity contribution in [1.29, 1.82) is 0 Å². The molecule has 9 heteroatoms. The zero-order valence-corrected chi connectivity index (χ0v) is 12.4. The first-order chi connectivity index (χ1) is 11.0. The largest absolute Gasteiger partial charge is 0.454 e. The molecule has 0 saturated carbocycles. The molecule has 2 aromatic carbocycles. The predicted molar refractivity (Wildman–Crippen MR) is 76.8 cm³/mol. The number of hydrogen-bond acceptors (Lipinski definition) is 5. The van der Waals surface area contributed by atoms with E-state index in [-0.39, 0.29) is 17.3 Å². The van der Waals surface area contributed by atoms with Gasteiger partial charge >= 0.3 is 0 Å². The molecule has 23 heavy (non-hydrogen) atoms. The van der Waals surface area contributed by atoms with Crippen molar-refractivity contribution < 1.29 is 27.1 Å². The molecule has 0 fully saturated rings. The van der Waals surface area contributed by atoms with Crippen LogP contribution in [-0.4, -0.2) is 21.1 Å². The molecular formula is C14H11FN2O5S. The third-order valence-electron chi connectivity index (χ3n) is 3.04. The van der Waals surface area contributed by atoms with Gasteiger partial charge in [0.05, 0.1) is 4.90 Å². The average Bonchev–Trinajstić information content (AvgIpc) is 3.00. The highest BCUT2D eigenvalue weighted by Gasteiger charge is 2.19. The fourth-order valence-corrected chi connectivity index (χ4v) is 2.79. The van der Waals surface area contributed by atoms with Gasteiger partial charge in [0.25, 0.3) is 15.9 Å². The number of halogens is 1. The van der Waals surface area contributed by atoms with Gasteiger partial charge < -0.3 is 9.47 Å². The van der Waals surface area contributed by atoms with E-state index < -0.39 is 21.7 Å². The lowest BCUT2D eigenvalue weighted by Gasteiger charge is -2.09. The van der Waals surface area contributed by atoms with Crippen molar-refractivity contribution in [3.05, 3.63) is 53.8 Å². The zero-order chi connectivity index (χ0) is 16.4. The number of fused-ring (bicyclic) bond motifs is 1. The van der Waals surface area contributed by atoms with E-state index in [9.17, 15) is 17.6 Å². The lowest BCUT2D eigenvalue weighted by molar-refractivity contribution is 0.0944. The molecule has 0 spiro atoms. The summed E-state index contributed by atoms with van der Waals surface area (Å²) in [5, 5.41) is 0. The summed E-state index contributed by atoms with van der Waals surface area (Å²) in [5.41, 5.74) is 2.23. The van der Waals surface area contributed by atoms with Crippen LogP contribution in [0, 0.1) is 5.82 Å². The molecule has 120 valence electrons. The third-order valence-corrected chi connectivity index (χ3v) is 4.29. The molecule has 1 aliphatic rings. The second-order valence-corrected chi connectivity index (χ2v) is 6.27. The van der Waals surface area contributed by atoms with Crippen LogP contribution in [0.1, 0.15) is 10.4 Å². The van der Waals surface area contributed by atoms with E-state index in [1.807, 2.05) is 4.83 Å². The van der Waals surface area contributed by atoms with E-state index in [0.717, 1.165) is 12.1 Å². The molecule has 0 saturated heterocycles. The van der Waals surface area contributed by atoms with Gasteiger partial charge in [-0.2, -0.15) is 0 Å². The van der Waals surface area contributed by atoms with Gasteiger partial charge in [0.15, 0.2) is 11.5 Å². The molecule has 2 aromatic rings. The Hall–Kier alpha value is -2.65. The number of sulfonamides is 1. The Morgan fingerprint density at radius 1 is 1.09 bits per heavy atom. The quantitative estimate of drug-likeness (QED) is 0.817. The van der Waals surface area contributed by atoms with Gasteiger partial charge in [-0.3, -0.25) is 10.2 Å². The summed E-state index contributed by atoms with van der Waals surface area (Å²) in [4.78, 5) is 13.6. The molecule has 0 aliphatic carbocycles. The third kappa shape index (κ3) is 3.25. The van der Waals surface area contributed by atoms with Crippen LogP contribution in [0.4, 0.5) is 4.39 Å². The fourth-order valence-electron chi connectivity index (χ4n) is 1.92. The Balaban J connectivity index is 1.71. The number of rotatable bonds is 4. The van der Waals surface area contributed by atoms with E-state index in [2.05, 4.69) is 5.43 Å². The van der Waals surface area contributed by atoms with Gasteiger partial charge in [0.1, 0.15) is 5.82 Å². The van der Waals surface area contributed by atoms with Crippen molar-refractivity contribution in [2.24, 2.45) is 0 Å². The van der Waals surface area contributed by atoms with E-state index in [4.69, 9.17) is 9.47 Å². The number of amides is 1. The van der Waals surface area contributed by atoms with Gasteiger partial charge in [-0.1, -0.05) is 6.07 Å². The first-order valence-corrected chi connectivity index (χ1v) is 7.91. The summed E-state index contributed by atoms with van der Waals surface area (Å²) < 4.78 is 47.3. The lowest BCUT2D eigenvalue weighted by atomic mass is 10.2. The lowest BCUT2D eigenvalue weighted by Crippen LogP contribution is -2.41. The second kappa shape index (κ2) is 5.86. The molecule has 3 rings (SSSR count). The van der Waals surface area contributed by atoms with E-state index in [0.29, 0.717) is 11.5 Å². The van der Waals surface area contributed by atoms with Crippen LogP contribution in [-0.2, 0) is 10.0 Å². The summed E-state index contributed by atoms with van der Waals surface area (Å²) in [5.74, 6) is -0.495. The predicted octanol–water partition coefficient (Wildman–Crippen LogP) is 1.18. The summed E-state index contributed by atoms with van der Waals surface area (Å²) in [6.45, 7) is 0.0621. The van der Waals surface area contributed by atoms with Gasteiger partial charge in [-0.15, -0.1) is 4.83 Å². The van der Waals surface area contributed by atoms with Crippen molar-refractivity contribution in [2.45, 2.75) is 4.90 Å². The van der Waals surface area contributed by atoms with Crippen LogP contribution >= 0.6 is 0 Å². The highest BCUT2D eigenvalue weighted by molar-refractivity contribution is 7.89. The van der Waals surface area contributed by atoms with E-state index in [1.165, 1.54) is 30.3 Å². The Morgan fingerprint density at radius 2 is 1.87 bits per heavy atom. The maximum Gasteiger partial charge on any atom is 0.266 e. The standard InChI is InChI=1S/C14H11FN2O5S/c15-10-2-1-3-11(7-10)23(19,20)17-16-14(18)9-4-5-12-13(6-9)22-8-21-12/h1-7,17H,8H2,(H,16,18). The highest BCUT2D eigenvalue weighted by atomic mass is 32.2. The van der Waals surface area contributed by atoms with Gasteiger partial charge in [-0.25, -0.2) is 12.8 Å². The highest BCUT2D eigenvalue weighted by Crippen LogP contribution is 2.32. The Morgan fingerprint density at radius 3 is 2.65 bits per heavy atom. The van der Waals surface area contributed by atoms with Gasteiger partial charge in [0.2, 0.25) is 6.79 Å². The average molecular weight is 338 g/mol. The van der Waals surface area contributed by atoms with Gasteiger partial charge in [-0.05, 0) is 36.4 Å². The van der Waals surface area contributed by atoms with Crippen LogP contribution in [0.2, 0.25) is 0 Å². The molecule has 0 radical (unpaired) electrons. The van der Waals surface area contributed by atoms with E-state index in [1.54, 1.807) is 0 Å². The topological polar surface area (TPSA) is 93.7 Å². The number of hydrazine groups is 1. The number of benzene rings is 2. The van der Waals surface area contributed by atoms with Crippen molar-refractivity contribution >= 4 is 15.9 Å². The summed E-state index contributed by atoms with van der Waals surface area (Å²) in [6.07, 6.45) is 0. The number of nitrogens with one attached hydrogen (secondary N) is 2. The molecule has 0 unspecified atom stereocenters. The van der Waals surface area contributed by atoms with Crippen LogP contribution in [0.25, 0.3) is 0 Å². The summed E-state index contributed by atoms with van der Waals surface area (Å²) >= 11 is 0. The van der Waals surface area contributed by atoms with Crippen molar-refractivity contribution in [3.8, 4) is 11.5 Å². The summed E-state index contributed by atoms with van der Waals surface area (Å²) in [7, 11) is -4.08. The second-order valence-electron chi connectivity index (χ2n) is 4.59. The molecule has 0 bridgehead atoms. The van der Waals surface area contributed by atoms with E-state index >= 15 is 0 Å². The number of ether oxygens (including phenoxy) is 2. The number of hydrogen-bond donors (Lipinski definition) is 2. The van der Waals surface area contributed by atoms with Crippen LogP contribution < -0.4 is 19.7 Å². The minimum Gasteiger partial charge on any atom is -0.454 e. The molecule has 0 atom stereocenters. The van der Waals surface area contributed by atoms with Crippen molar-refractivity contribution in [1.82, 2.24) is 10.3 Å². The first kappa shape index (κ1) is 15.3. The molecule has 0 aromatic heterocycles. The Bertz CT molecular complexity index is 869. The number of carbonyl (C=O) groups is 1. The monoisotopic (exact) mass is 338 g/mol. The Labute approximate surface area is 131 Å². The zero-order valence-electron chi connectivity index (χ0n) is 11.6. The Kier molecular flexibility index (Phi) is 3.89.